The first-order valence-electron chi connectivity index (χ1n) is 16.5. The zero-order chi connectivity index (χ0) is 34.1. The Bertz CT molecular complexity index is 1680. The van der Waals surface area contributed by atoms with Gasteiger partial charge >= 0.3 is 0 Å². The molecule has 0 aliphatic carbocycles. The van der Waals surface area contributed by atoms with E-state index in [2.05, 4.69) is 49.6 Å². The molecular weight excluding hydrogens is 629 g/mol. The molecule has 8 nitrogen and oxygen atoms in total. The van der Waals surface area contributed by atoms with Crippen molar-refractivity contribution in [1.29, 1.82) is 0 Å². The van der Waals surface area contributed by atoms with Crippen LogP contribution in [-0.4, -0.2) is 67.2 Å². The van der Waals surface area contributed by atoms with E-state index < -0.39 is 46.4 Å². The maximum absolute atomic E-state index is 15.2. The second-order valence-electron chi connectivity index (χ2n) is 14.8. The van der Waals surface area contributed by atoms with Crippen molar-refractivity contribution in [3.05, 3.63) is 75.3 Å². The minimum absolute atomic E-state index is 0.0410. The monoisotopic (exact) mass is 672 g/mol. The Morgan fingerprint density at radius 2 is 1.77 bits per heavy atom. The Morgan fingerprint density at radius 1 is 1.06 bits per heavy atom. The number of likely N-dealkylation sites (tertiary alicyclic amines) is 2. The molecule has 2 aromatic heterocycles. The van der Waals surface area contributed by atoms with Crippen molar-refractivity contribution in [2.45, 2.75) is 103 Å². The number of carbonyl (C=O) groups excluding carboxylic acids is 1. The van der Waals surface area contributed by atoms with Gasteiger partial charge in [0.1, 0.15) is 17.8 Å². The molecule has 6 rings (SSSR count). The standard InChI is InChI=1S/C35H44ClF3N6O2/c1-8-45-32(40-19-41-45)34(6,7)30-23-17-25(36)20(2)42-29(23)35(47-30)12-15-43(16-13-35)31(46)22-11-14-44(33(3,4)5)18-24(22)21-9-10-26(37)28(39)27(21)38/h9-10,17,19,22,24,30H,8,11-16,18H2,1-7H3/t22?,24-,30-/m0/s1. The van der Waals surface area contributed by atoms with E-state index >= 15 is 4.39 Å². The van der Waals surface area contributed by atoms with Gasteiger partial charge in [-0.1, -0.05) is 17.7 Å². The van der Waals surface area contributed by atoms with Gasteiger partial charge in [-0.3, -0.25) is 14.7 Å². The van der Waals surface area contributed by atoms with Crippen LogP contribution in [0.3, 0.4) is 0 Å². The second-order valence-corrected chi connectivity index (χ2v) is 15.2. The van der Waals surface area contributed by atoms with Crippen molar-refractivity contribution in [2.24, 2.45) is 5.92 Å². The summed E-state index contributed by atoms with van der Waals surface area (Å²) in [5, 5.41) is 4.96. The molecule has 3 aliphatic rings. The molecule has 254 valence electrons. The minimum Gasteiger partial charge on any atom is -0.359 e. The zero-order valence-electron chi connectivity index (χ0n) is 28.2. The van der Waals surface area contributed by atoms with E-state index in [1.165, 1.54) is 6.07 Å². The maximum Gasteiger partial charge on any atom is 0.226 e. The number of ether oxygens (including phenoxy) is 1. The van der Waals surface area contributed by atoms with Crippen LogP contribution in [0.1, 0.15) is 101 Å². The number of aryl methyl sites for hydroxylation is 2. The van der Waals surface area contributed by atoms with Crippen molar-refractivity contribution in [2.75, 3.05) is 26.2 Å². The zero-order valence-corrected chi connectivity index (χ0v) is 29.0. The number of benzene rings is 1. The first-order valence-corrected chi connectivity index (χ1v) is 16.9. The molecule has 0 saturated carbocycles. The van der Waals surface area contributed by atoms with E-state index in [1.54, 1.807) is 6.33 Å². The van der Waals surface area contributed by atoms with Gasteiger partial charge in [-0.05, 0) is 92.0 Å². The molecule has 3 aromatic rings. The van der Waals surface area contributed by atoms with E-state index in [-0.39, 0.29) is 17.0 Å². The second kappa shape index (κ2) is 12.1. The Morgan fingerprint density at radius 3 is 2.43 bits per heavy atom. The van der Waals surface area contributed by atoms with Gasteiger partial charge in [0.2, 0.25) is 5.91 Å². The minimum atomic E-state index is -1.50. The lowest BCUT2D eigenvalue weighted by atomic mass is 9.77. The van der Waals surface area contributed by atoms with Crippen molar-refractivity contribution >= 4 is 17.5 Å². The number of fused-ring (bicyclic) bond motifs is 2. The van der Waals surface area contributed by atoms with Gasteiger partial charge in [0.15, 0.2) is 17.5 Å². The van der Waals surface area contributed by atoms with Crippen LogP contribution in [-0.2, 0) is 27.1 Å². The number of nitrogens with zero attached hydrogens (tertiary/aromatic N) is 6. The maximum atomic E-state index is 15.2. The molecule has 3 atom stereocenters. The highest BCUT2D eigenvalue weighted by atomic mass is 35.5. The summed E-state index contributed by atoms with van der Waals surface area (Å²) in [4.78, 5) is 27.8. The van der Waals surface area contributed by atoms with Crippen LogP contribution in [0.5, 0.6) is 0 Å². The first-order chi connectivity index (χ1) is 22.1. The highest BCUT2D eigenvalue weighted by Crippen LogP contribution is 2.55. The predicted molar refractivity (Wildman–Crippen MR) is 173 cm³/mol. The largest absolute Gasteiger partial charge is 0.359 e. The molecule has 0 N–H and O–H groups in total. The molecular formula is C35H44ClF3N6O2. The topological polar surface area (TPSA) is 76.4 Å². The summed E-state index contributed by atoms with van der Waals surface area (Å²) in [5.41, 5.74) is 0.965. The number of hydrogen-bond acceptors (Lipinski definition) is 6. The number of pyridine rings is 1. The Kier molecular flexibility index (Phi) is 8.75. The molecule has 47 heavy (non-hydrogen) atoms. The summed E-state index contributed by atoms with van der Waals surface area (Å²) in [6.07, 6.45) is 2.66. The third-order valence-corrected chi connectivity index (χ3v) is 11.0. The summed E-state index contributed by atoms with van der Waals surface area (Å²) in [6.45, 7) is 16.7. The van der Waals surface area contributed by atoms with Crippen molar-refractivity contribution in [3.63, 3.8) is 0 Å². The molecule has 1 unspecified atom stereocenters. The lowest BCUT2D eigenvalue weighted by Gasteiger charge is -2.47. The Balaban J connectivity index is 1.28. The molecule has 5 heterocycles. The molecule has 1 aromatic carbocycles. The molecule has 0 radical (unpaired) electrons. The summed E-state index contributed by atoms with van der Waals surface area (Å²) < 4.78 is 52.5. The summed E-state index contributed by atoms with van der Waals surface area (Å²) in [6, 6.07) is 4.20. The first kappa shape index (κ1) is 33.9. The van der Waals surface area contributed by atoms with Crippen molar-refractivity contribution in [1.82, 2.24) is 29.5 Å². The van der Waals surface area contributed by atoms with E-state index in [0.717, 1.165) is 23.1 Å². The van der Waals surface area contributed by atoms with Gasteiger partial charge in [0.05, 0.1) is 27.9 Å². The molecule has 12 heteroatoms. The molecule has 2 fully saturated rings. The highest BCUT2D eigenvalue weighted by molar-refractivity contribution is 6.31. The van der Waals surface area contributed by atoms with Crippen LogP contribution >= 0.6 is 11.6 Å². The smallest absolute Gasteiger partial charge is 0.226 e. The molecule has 2 saturated heterocycles. The summed E-state index contributed by atoms with van der Waals surface area (Å²) >= 11 is 6.62. The van der Waals surface area contributed by atoms with Crippen molar-refractivity contribution in [3.8, 4) is 0 Å². The summed E-state index contributed by atoms with van der Waals surface area (Å²) in [7, 11) is 0. The lowest BCUT2D eigenvalue weighted by Crippen LogP contribution is -2.54. The quantitative estimate of drug-likeness (QED) is 0.276. The molecule has 1 amide bonds. The van der Waals surface area contributed by atoms with Crippen LogP contribution in [0.15, 0.2) is 24.5 Å². The van der Waals surface area contributed by atoms with E-state index in [4.69, 9.17) is 21.3 Å². The number of hydrogen-bond donors (Lipinski definition) is 0. The van der Waals surface area contributed by atoms with Gasteiger partial charge in [-0.25, -0.2) is 22.8 Å². The highest BCUT2D eigenvalue weighted by Gasteiger charge is 2.54. The SMILES string of the molecule is CCn1ncnc1C(C)(C)[C@H]1OC2(CCN(C(=O)C3CCN(C(C)(C)C)C[C@H]3c3ccc(F)c(F)c3F)CC2)c2nc(C)c(Cl)cc21. The predicted octanol–water partition coefficient (Wildman–Crippen LogP) is 6.84. The van der Waals surface area contributed by atoms with E-state index in [1.807, 2.05) is 29.5 Å². The number of aromatic nitrogens is 4. The van der Waals surface area contributed by atoms with Gasteiger partial charge in [-0.15, -0.1) is 0 Å². The fourth-order valence-corrected chi connectivity index (χ4v) is 7.99. The molecule has 0 bridgehead atoms. The van der Waals surface area contributed by atoms with Crippen LogP contribution in [0, 0.1) is 30.3 Å². The molecule has 3 aliphatic heterocycles. The lowest BCUT2D eigenvalue weighted by molar-refractivity contribution is -0.154. The summed E-state index contributed by atoms with van der Waals surface area (Å²) in [5.74, 6) is -4.47. The van der Waals surface area contributed by atoms with Gasteiger partial charge in [-0.2, -0.15) is 5.10 Å². The average Bonchev–Trinajstić information content (AvgIpc) is 3.64. The van der Waals surface area contributed by atoms with Crippen LogP contribution in [0.2, 0.25) is 5.02 Å². The normalized spacial score (nSPS) is 23.4. The number of piperidine rings is 2. The number of carbonyl (C=O) groups is 1. The van der Waals surface area contributed by atoms with Crippen LogP contribution in [0.25, 0.3) is 0 Å². The fourth-order valence-electron chi connectivity index (χ4n) is 7.83. The average molecular weight is 673 g/mol. The van der Waals surface area contributed by atoms with Gasteiger partial charge < -0.3 is 9.64 Å². The Hall–Kier alpha value is -3.02. The fraction of sp³-hybridized carbons (Fsp3) is 0.600. The third kappa shape index (κ3) is 5.76. The number of halogens is 4. The Labute approximate surface area is 279 Å². The number of rotatable bonds is 5. The van der Waals surface area contributed by atoms with Crippen LogP contribution < -0.4 is 0 Å². The third-order valence-electron chi connectivity index (χ3n) is 10.6. The number of amides is 1. The van der Waals surface area contributed by atoms with Crippen molar-refractivity contribution < 1.29 is 22.7 Å². The van der Waals surface area contributed by atoms with E-state index in [0.29, 0.717) is 62.7 Å². The van der Waals surface area contributed by atoms with Crippen LogP contribution in [0.4, 0.5) is 13.2 Å². The van der Waals surface area contributed by atoms with Gasteiger partial charge in [0, 0.05) is 49.1 Å². The van der Waals surface area contributed by atoms with E-state index in [9.17, 15) is 13.6 Å². The van der Waals surface area contributed by atoms with Gasteiger partial charge in [0.25, 0.3) is 0 Å². The molecule has 1 spiro atoms.